The van der Waals surface area contributed by atoms with Crippen molar-refractivity contribution >= 4 is 10.0 Å². The second-order valence-corrected chi connectivity index (χ2v) is 8.21. The molecule has 0 aliphatic carbocycles. The first kappa shape index (κ1) is 17.6. The lowest BCUT2D eigenvalue weighted by atomic mass is 10.1. The molecule has 0 radical (unpaired) electrons. The average Bonchev–Trinajstić information content (AvgIpc) is 3.06. The first-order chi connectivity index (χ1) is 11.8. The highest BCUT2D eigenvalue weighted by Crippen LogP contribution is 2.26. The number of benzene rings is 1. The number of rotatable bonds is 4. The molecule has 1 aromatic heterocycles. The molecule has 134 valence electrons. The Bertz CT molecular complexity index is 993. The summed E-state index contributed by atoms with van der Waals surface area (Å²) >= 11 is 0. The second-order valence-electron chi connectivity index (χ2n) is 6.35. The highest BCUT2D eigenvalue weighted by Gasteiger charge is 2.37. The van der Waals surface area contributed by atoms with E-state index in [0.29, 0.717) is 13.0 Å². The predicted molar refractivity (Wildman–Crippen MR) is 94.0 cm³/mol. The molecule has 1 fully saturated rings. The van der Waals surface area contributed by atoms with Crippen LogP contribution in [-0.2, 0) is 30.5 Å². The standard InChI is InChI=1S/C17H21N3O4S/c1-18-12-15(16(21)19(2)17(18)22)25(23,24)20-10-6-9-14(20)11-13-7-4-3-5-8-13/h3-5,7-8,12,14H,6,9-11H2,1-2H3. The minimum Gasteiger partial charge on any atom is -0.302 e. The van der Waals surface area contributed by atoms with E-state index in [4.69, 9.17) is 0 Å². The molecule has 7 nitrogen and oxygen atoms in total. The van der Waals surface area contributed by atoms with E-state index in [1.165, 1.54) is 18.4 Å². The van der Waals surface area contributed by atoms with Crippen molar-refractivity contribution in [3.05, 3.63) is 62.9 Å². The van der Waals surface area contributed by atoms with E-state index in [0.717, 1.165) is 33.7 Å². The van der Waals surface area contributed by atoms with E-state index >= 15 is 0 Å². The molecule has 0 N–H and O–H groups in total. The molecule has 1 unspecified atom stereocenters. The highest BCUT2D eigenvalue weighted by atomic mass is 32.2. The van der Waals surface area contributed by atoms with Gasteiger partial charge in [0, 0.05) is 32.9 Å². The van der Waals surface area contributed by atoms with Gasteiger partial charge in [-0.25, -0.2) is 13.2 Å². The summed E-state index contributed by atoms with van der Waals surface area (Å²) in [6.07, 6.45) is 3.23. The van der Waals surface area contributed by atoms with E-state index < -0.39 is 21.3 Å². The van der Waals surface area contributed by atoms with Gasteiger partial charge in [0.15, 0.2) is 4.90 Å². The fraction of sp³-hybridized carbons (Fsp3) is 0.412. The van der Waals surface area contributed by atoms with Crippen LogP contribution in [0.1, 0.15) is 18.4 Å². The summed E-state index contributed by atoms with van der Waals surface area (Å²) in [5.41, 5.74) is -0.275. The third-order valence-electron chi connectivity index (χ3n) is 4.64. The molecule has 1 aliphatic rings. The maximum absolute atomic E-state index is 13.1. The summed E-state index contributed by atoms with van der Waals surface area (Å²) in [5, 5.41) is 0. The zero-order valence-corrected chi connectivity index (χ0v) is 15.1. The largest absolute Gasteiger partial charge is 0.330 e. The van der Waals surface area contributed by atoms with Crippen LogP contribution in [0.3, 0.4) is 0 Å². The molecule has 1 atom stereocenters. The maximum atomic E-state index is 13.1. The van der Waals surface area contributed by atoms with Crippen LogP contribution in [0.5, 0.6) is 0 Å². The monoisotopic (exact) mass is 363 g/mol. The van der Waals surface area contributed by atoms with Crippen LogP contribution in [-0.4, -0.2) is 34.4 Å². The van der Waals surface area contributed by atoms with Crippen molar-refractivity contribution in [1.29, 1.82) is 0 Å². The SMILES string of the molecule is Cn1cc(S(=O)(=O)N2CCCC2Cc2ccccc2)c(=O)n(C)c1=O. The normalized spacial score (nSPS) is 18.6. The van der Waals surface area contributed by atoms with Crippen LogP contribution in [0, 0.1) is 0 Å². The average molecular weight is 363 g/mol. The van der Waals surface area contributed by atoms with Crippen molar-refractivity contribution < 1.29 is 8.42 Å². The van der Waals surface area contributed by atoms with E-state index in [1.807, 2.05) is 30.3 Å². The van der Waals surface area contributed by atoms with Gasteiger partial charge in [-0.15, -0.1) is 0 Å². The van der Waals surface area contributed by atoms with Gasteiger partial charge in [0.25, 0.3) is 5.56 Å². The van der Waals surface area contributed by atoms with Crippen LogP contribution in [0.25, 0.3) is 0 Å². The Morgan fingerprint density at radius 3 is 2.48 bits per heavy atom. The van der Waals surface area contributed by atoms with Gasteiger partial charge in [-0.3, -0.25) is 9.36 Å². The van der Waals surface area contributed by atoms with Crippen LogP contribution in [0.2, 0.25) is 0 Å². The van der Waals surface area contributed by atoms with E-state index in [1.54, 1.807) is 0 Å². The van der Waals surface area contributed by atoms with Gasteiger partial charge in [-0.05, 0) is 24.8 Å². The van der Waals surface area contributed by atoms with Gasteiger partial charge < -0.3 is 4.57 Å². The Morgan fingerprint density at radius 2 is 1.80 bits per heavy atom. The van der Waals surface area contributed by atoms with Gasteiger partial charge in [0.05, 0.1) is 0 Å². The lowest BCUT2D eigenvalue weighted by molar-refractivity contribution is 0.384. The number of nitrogens with zero attached hydrogens (tertiary/aromatic N) is 3. The molecule has 0 amide bonds. The molecule has 1 aliphatic heterocycles. The summed E-state index contributed by atoms with van der Waals surface area (Å²) < 4.78 is 29.5. The number of aromatic nitrogens is 2. The van der Waals surface area contributed by atoms with Crippen molar-refractivity contribution in [2.45, 2.75) is 30.2 Å². The van der Waals surface area contributed by atoms with Crippen LogP contribution in [0.4, 0.5) is 0 Å². The molecular formula is C17H21N3O4S. The van der Waals surface area contributed by atoms with Crippen molar-refractivity contribution in [2.75, 3.05) is 6.54 Å². The molecule has 1 saturated heterocycles. The summed E-state index contributed by atoms with van der Waals surface area (Å²) in [6.45, 7) is 0.381. The van der Waals surface area contributed by atoms with Crippen molar-refractivity contribution in [2.24, 2.45) is 14.1 Å². The summed E-state index contributed by atoms with van der Waals surface area (Å²) in [4.78, 5) is 23.8. The fourth-order valence-electron chi connectivity index (χ4n) is 3.29. The van der Waals surface area contributed by atoms with Gasteiger partial charge >= 0.3 is 5.69 Å². The van der Waals surface area contributed by atoms with E-state index in [9.17, 15) is 18.0 Å². The minimum atomic E-state index is -3.96. The quantitative estimate of drug-likeness (QED) is 0.791. The first-order valence-corrected chi connectivity index (χ1v) is 9.59. The third kappa shape index (κ3) is 3.19. The van der Waals surface area contributed by atoms with E-state index in [2.05, 4.69) is 0 Å². The molecule has 2 aromatic rings. The van der Waals surface area contributed by atoms with Gasteiger partial charge in [0.1, 0.15) is 0 Å². The second kappa shape index (κ2) is 6.61. The van der Waals surface area contributed by atoms with Crippen LogP contribution < -0.4 is 11.2 Å². The number of sulfonamides is 1. The molecule has 25 heavy (non-hydrogen) atoms. The molecule has 0 spiro atoms. The van der Waals surface area contributed by atoms with Crippen LogP contribution in [0.15, 0.2) is 51.0 Å². The Kier molecular flexibility index (Phi) is 4.66. The van der Waals surface area contributed by atoms with Crippen LogP contribution >= 0.6 is 0 Å². The highest BCUT2D eigenvalue weighted by molar-refractivity contribution is 7.89. The molecule has 0 saturated carbocycles. The van der Waals surface area contributed by atoms with Crippen molar-refractivity contribution in [3.63, 3.8) is 0 Å². The first-order valence-electron chi connectivity index (χ1n) is 8.15. The molecule has 1 aromatic carbocycles. The lowest BCUT2D eigenvalue weighted by Crippen LogP contribution is -2.44. The third-order valence-corrected chi connectivity index (χ3v) is 6.57. The van der Waals surface area contributed by atoms with E-state index in [-0.39, 0.29) is 10.9 Å². The number of hydrogen-bond acceptors (Lipinski definition) is 4. The van der Waals surface area contributed by atoms with Gasteiger partial charge in [-0.1, -0.05) is 30.3 Å². The smallest absolute Gasteiger partial charge is 0.302 e. The maximum Gasteiger partial charge on any atom is 0.330 e. The topological polar surface area (TPSA) is 81.4 Å². The molecule has 8 heteroatoms. The molecule has 3 rings (SSSR count). The molecular weight excluding hydrogens is 342 g/mol. The zero-order valence-electron chi connectivity index (χ0n) is 14.3. The zero-order chi connectivity index (χ0) is 18.2. The summed E-state index contributed by atoms with van der Waals surface area (Å²) in [6, 6.07) is 9.51. The fourth-order valence-corrected chi connectivity index (χ4v) is 5.14. The molecule has 0 bridgehead atoms. The number of hydrogen-bond donors (Lipinski definition) is 0. The van der Waals surface area contributed by atoms with Crippen molar-refractivity contribution in [3.8, 4) is 0 Å². The predicted octanol–water partition coefficient (Wildman–Crippen LogP) is 0.480. The minimum absolute atomic E-state index is 0.186. The Morgan fingerprint density at radius 1 is 1.12 bits per heavy atom. The number of aryl methyl sites for hydroxylation is 1. The van der Waals surface area contributed by atoms with Crippen molar-refractivity contribution in [1.82, 2.24) is 13.4 Å². The lowest BCUT2D eigenvalue weighted by Gasteiger charge is -2.24. The molecule has 2 heterocycles. The Balaban J connectivity index is 2.00. The van der Waals surface area contributed by atoms with Gasteiger partial charge in [0.2, 0.25) is 10.0 Å². The summed E-state index contributed by atoms with van der Waals surface area (Å²) in [7, 11) is -1.24. The summed E-state index contributed by atoms with van der Waals surface area (Å²) in [5.74, 6) is 0. The van der Waals surface area contributed by atoms with Gasteiger partial charge in [-0.2, -0.15) is 4.31 Å². The Labute approximate surface area is 146 Å². The Hall–Kier alpha value is -2.19.